The van der Waals surface area contributed by atoms with E-state index >= 15 is 4.39 Å². The van der Waals surface area contributed by atoms with E-state index in [0.717, 1.165) is 24.7 Å². The molecule has 0 saturated carbocycles. The van der Waals surface area contributed by atoms with Crippen molar-refractivity contribution in [2.75, 3.05) is 12.0 Å². The number of sulfone groups is 1. The van der Waals surface area contributed by atoms with Crippen molar-refractivity contribution in [1.82, 2.24) is 19.5 Å². The van der Waals surface area contributed by atoms with Crippen molar-refractivity contribution in [2.45, 2.75) is 13.5 Å². The minimum atomic E-state index is -3.82. The number of aryl methyl sites for hydroxylation is 1. The molecular formula is C26H20F2N4O5S. The molecule has 0 atom stereocenters. The second-order valence-electron chi connectivity index (χ2n) is 9.03. The number of ketones is 1. The number of aromatic nitrogens is 4. The van der Waals surface area contributed by atoms with Crippen LogP contribution in [-0.2, 0) is 16.4 Å². The van der Waals surface area contributed by atoms with Crippen molar-refractivity contribution in [2.24, 2.45) is 0 Å². The predicted octanol–water partition coefficient (Wildman–Crippen LogP) is 3.10. The predicted molar refractivity (Wildman–Crippen MR) is 138 cm³/mol. The van der Waals surface area contributed by atoms with E-state index in [2.05, 4.69) is 15.0 Å². The lowest BCUT2D eigenvalue weighted by Crippen LogP contribution is -2.21. The van der Waals surface area contributed by atoms with Gasteiger partial charge in [-0.1, -0.05) is 0 Å². The average Bonchev–Trinajstić information content (AvgIpc) is 3.12. The molecule has 5 aromatic rings. The maximum absolute atomic E-state index is 15.2. The van der Waals surface area contributed by atoms with Gasteiger partial charge in [-0.3, -0.25) is 14.4 Å². The largest absolute Gasteiger partial charge is 0.333 e. The van der Waals surface area contributed by atoms with E-state index in [1.165, 1.54) is 42.0 Å². The topological polar surface area (TPSA) is 135 Å². The van der Waals surface area contributed by atoms with Gasteiger partial charge in [0.2, 0.25) is 0 Å². The van der Waals surface area contributed by atoms with Crippen molar-refractivity contribution < 1.29 is 22.0 Å². The van der Waals surface area contributed by atoms with E-state index < -0.39 is 44.1 Å². The number of nitrogens with one attached hydrogen (secondary N) is 2. The van der Waals surface area contributed by atoms with Crippen LogP contribution in [-0.4, -0.2) is 45.7 Å². The normalized spacial score (nSPS) is 11.9. The van der Waals surface area contributed by atoms with E-state index in [1.54, 1.807) is 0 Å². The molecule has 2 N–H and O–H groups in total. The summed E-state index contributed by atoms with van der Waals surface area (Å²) in [5.74, 6) is -3.12. The zero-order valence-corrected chi connectivity index (χ0v) is 20.9. The summed E-state index contributed by atoms with van der Waals surface area (Å²) in [6.07, 6.45) is 3.42. The van der Waals surface area contributed by atoms with Crippen LogP contribution in [0.3, 0.4) is 0 Å². The molecule has 0 bridgehead atoms. The molecule has 0 unspecified atom stereocenters. The number of fused-ring (bicyclic) bond motifs is 2. The summed E-state index contributed by atoms with van der Waals surface area (Å²) in [4.78, 5) is 47.5. The molecular weight excluding hydrogens is 518 g/mol. The number of H-pyrrole nitrogens is 2. The molecule has 0 radical (unpaired) electrons. The quantitative estimate of drug-likeness (QED) is 0.319. The van der Waals surface area contributed by atoms with Crippen LogP contribution in [0.25, 0.3) is 32.9 Å². The van der Waals surface area contributed by atoms with Gasteiger partial charge in [0.25, 0.3) is 11.1 Å². The first-order chi connectivity index (χ1) is 17.9. The number of hydrogen-bond acceptors (Lipinski definition) is 6. The van der Waals surface area contributed by atoms with Crippen molar-refractivity contribution >= 4 is 37.4 Å². The molecule has 0 spiro atoms. The molecule has 194 valence electrons. The highest BCUT2D eigenvalue weighted by atomic mass is 32.2. The number of rotatable bonds is 6. The van der Waals surface area contributed by atoms with Gasteiger partial charge in [0, 0.05) is 40.6 Å². The minimum Gasteiger partial charge on any atom is -0.333 e. The van der Waals surface area contributed by atoms with Crippen LogP contribution < -0.4 is 11.1 Å². The zero-order valence-electron chi connectivity index (χ0n) is 20.1. The van der Waals surface area contributed by atoms with Crippen molar-refractivity contribution in [3.8, 4) is 11.1 Å². The first-order valence-corrected chi connectivity index (χ1v) is 13.4. The highest BCUT2D eigenvalue weighted by Gasteiger charge is 2.28. The number of aromatic amines is 2. The Morgan fingerprint density at radius 2 is 1.79 bits per heavy atom. The fourth-order valence-corrected chi connectivity index (χ4v) is 5.17. The summed E-state index contributed by atoms with van der Waals surface area (Å²) in [5, 5.41) is 0.393. The van der Waals surface area contributed by atoms with Crippen molar-refractivity contribution in [3.63, 3.8) is 0 Å². The number of Topliss-reactive ketones (excluding diaryl/α,β-unsaturated/α-hetero) is 1. The Labute approximate surface area is 213 Å². The van der Waals surface area contributed by atoms with Gasteiger partial charge in [-0.25, -0.2) is 22.2 Å². The fourth-order valence-electron chi connectivity index (χ4n) is 4.56. The lowest BCUT2D eigenvalue weighted by atomic mass is 10.0. The number of carbonyl (C=O) groups excluding carboxylic acids is 1. The second-order valence-corrected chi connectivity index (χ2v) is 11.2. The maximum atomic E-state index is 15.2. The fraction of sp³-hybridized carbons (Fsp3) is 0.154. The molecule has 0 aliphatic heterocycles. The van der Waals surface area contributed by atoms with Crippen molar-refractivity contribution in [1.29, 1.82) is 0 Å². The van der Waals surface area contributed by atoms with Gasteiger partial charge < -0.3 is 14.5 Å². The third-order valence-electron chi connectivity index (χ3n) is 6.23. The lowest BCUT2D eigenvalue weighted by molar-refractivity contribution is 0.101. The smallest absolute Gasteiger partial charge is 0.258 e. The third-order valence-corrected chi connectivity index (χ3v) is 7.01. The summed E-state index contributed by atoms with van der Waals surface area (Å²) in [5.41, 5.74) is -0.682. The minimum absolute atomic E-state index is 0.0317. The van der Waals surface area contributed by atoms with Crippen LogP contribution in [0.1, 0.15) is 21.6 Å². The molecule has 12 heteroatoms. The van der Waals surface area contributed by atoms with Crippen LogP contribution in [0.15, 0.2) is 58.5 Å². The Kier molecular flexibility index (Phi) is 6.06. The van der Waals surface area contributed by atoms with E-state index in [-0.39, 0.29) is 50.9 Å². The molecule has 3 aromatic heterocycles. The second kappa shape index (κ2) is 9.14. The van der Waals surface area contributed by atoms with Crippen molar-refractivity contribution in [3.05, 3.63) is 98.1 Å². The first-order valence-electron chi connectivity index (χ1n) is 11.3. The number of carbonyl (C=O) groups is 1. The molecule has 0 fully saturated rings. The van der Waals surface area contributed by atoms with Crippen LogP contribution in [0.4, 0.5) is 8.78 Å². The Morgan fingerprint density at radius 3 is 2.50 bits per heavy atom. The standard InChI is InChI=1S/C26H20F2N4O5S/c1-13-6-17-21(9-18(13)27)32(10-14-7-16-20(8-19(14)28)30-12-31-26(16)35)24(22(33)11-38(2,36)37)23(17)15-4-3-5-29-25(15)34/h3-9,12H,10-11H2,1-2H3,(H,29,34)(H,30,31,35). The van der Waals surface area contributed by atoms with Gasteiger partial charge in [-0.15, -0.1) is 0 Å². The highest BCUT2D eigenvalue weighted by molar-refractivity contribution is 7.91. The number of pyridine rings is 1. The van der Waals surface area contributed by atoms with Gasteiger partial charge in [0.15, 0.2) is 15.6 Å². The average molecular weight is 539 g/mol. The van der Waals surface area contributed by atoms with E-state index in [4.69, 9.17) is 0 Å². The Balaban J connectivity index is 1.88. The zero-order chi connectivity index (χ0) is 27.4. The van der Waals surface area contributed by atoms with E-state index in [9.17, 15) is 27.2 Å². The summed E-state index contributed by atoms with van der Waals surface area (Å²) in [6.45, 7) is 1.13. The van der Waals surface area contributed by atoms with Gasteiger partial charge in [0.1, 0.15) is 17.4 Å². The van der Waals surface area contributed by atoms with Gasteiger partial charge in [-0.2, -0.15) is 0 Å². The summed E-state index contributed by atoms with van der Waals surface area (Å²) >= 11 is 0. The van der Waals surface area contributed by atoms with Crippen LogP contribution in [0, 0.1) is 18.6 Å². The lowest BCUT2D eigenvalue weighted by Gasteiger charge is -2.13. The monoisotopic (exact) mass is 538 g/mol. The summed E-state index contributed by atoms with van der Waals surface area (Å²) in [7, 11) is -3.82. The number of hydrogen-bond donors (Lipinski definition) is 2. The molecule has 0 amide bonds. The molecule has 0 saturated heterocycles. The molecule has 2 aromatic carbocycles. The summed E-state index contributed by atoms with van der Waals surface area (Å²) in [6, 6.07) is 7.92. The van der Waals surface area contributed by atoms with Gasteiger partial charge in [-0.05, 0) is 42.8 Å². The Bertz CT molecular complexity index is 2010. The third kappa shape index (κ3) is 4.43. The van der Waals surface area contributed by atoms with Crippen LogP contribution >= 0.6 is 0 Å². The molecule has 3 heterocycles. The van der Waals surface area contributed by atoms with Crippen LogP contribution in [0.5, 0.6) is 0 Å². The number of nitrogens with zero attached hydrogens (tertiary/aromatic N) is 2. The number of halogens is 2. The molecule has 0 aliphatic rings. The SMILES string of the molecule is Cc1cc2c(-c3ccc[nH]c3=O)c(C(=O)CS(C)(=O)=O)n(Cc3cc4c(=O)[nH]cnc4cc3F)c2cc1F. The first kappa shape index (κ1) is 25.2. The maximum Gasteiger partial charge on any atom is 0.258 e. The van der Waals surface area contributed by atoms with E-state index in [1.807, 2.05) is 0 Å². The van der Waals surface area contributed by atoms with Crippen LogP contribution in [0.2, 0.25) is 0 Å². The summed E-state index contributed by atoms with van der Waals surface area (Å²) < 4.78 is 55.5. The Hall–Kier alpha value is -4.45. The van der Waals surface area contributed by atoms with Gasteiger partial charge >= 0.3 is 0 Å². The van der Waals surface area contributed by atoms with E-state index in [0.29, 0.717) is 5.39 Å². The molecule has 0 aliphatic carbocycles. The highest BCUT2D eigenvalue weighted by Crippen LogP contribution is 2.36. The number of benzene rings is 2. The van der Waals surface area contributed by atoms with Gasteiger partial charge in [0.05, 0.1) is 35.0 Å². The molecule has 38 heavy (non-hydrogen) atoms. The Morgan fingerprint density at radius 1 is 1.03 bits per heavy atom. The molecule has 9 nitrogen and oxygen atoms in total. The molecule has 5 rings (SSSR count).